The van der Waals surface area contributed by atoms with Crippen molar-refractivity contribution in [2.45, 2.75) is 40.2 Å². The largest absolute Gasteiger partial charge is 0.490 e. The quantitative estimate of drug-likeness (QED) is 0.789. The van der Waals surface area contributed by atoms with E-state index in [0.29, 0.717) is 0 Å². The normalized spacial score (nSPS) is 11.9. The monoisotopic (exact) mass is 247 g/mol. The molecule has 0 radical (unpaired) electrons. The van der Waals surface area contributed by atoms with E-state index in [1.54, 1.807) is 0 Å². The van der Waals surface area contributed by atoms with Gasteiger partial charge in [-0.1, -0.05) is 43.7 Å². The minimum atomic E-state index is 0.207. The van der Waals surface area contributed by atoms with E-state index in [0.717, 1.165) is 25.3 Å². The van der Waals surface area contributed by atoms with E-state index in [2.05, 4.69) is 51.2 Å². The molecule has 0 unspecified atom stereocenters. The zero-order chi connectivity index (χ0) is 13.4. The lowest BCUT2D eigenvalue weighted by Crippen LogP contribution is -2.15. The highest BCUT2D eigenvalue weighted by Gasteiger charge is 2.03. The van der Waals surface area contributed by atoms with Gasteiger partial charge in [0.2, 0.25) is 0 Å². The summed E-state index contributed by atoms with van der Waals surface area (Å²) in [6.45, 7) is 10.4. The van der Waals surface area contributed by atoms with Crippen molar-refractivity contribution in [1.82, 2.24) is 5.32 Å². The summed E-state index contributed by atoms with van der Waals surface area (Å²) in [6.07, 6.45) is 3.50. The number of benzene rings is 1. The molecular weight excluding hydrogens is 222 g/mol. The summed E-state index contributed by atoms with van der Waals surface area (Å²) in [7, 11) is 0. The SMILES string of the molecule is CCNCC(=Cc1ccccc1OC(C)C)CC. The van der Waals surface area contributed by atoms with Crippen LogP contribution in [0.3, 0.4) is 0 Å². The smallest absolute Gasteiger partial charge is 0.126 e. The maximum atomic E-state index is 5.83. The lowest BCUT2D eigenvalue weighted by molar-refractivity contribution is 0.242. The van der Waals surface area contributed by atoms with Gasteiger partial charge in [0, 0.05) is 12.1 Å². The maximum Gasteiger partial charge on any atom is 0.126 e. The molecule has 0 aliphatic rings. The predicted octanol–water partition coefficient (Wildman–Crippen LogP) is 3.88. The Morgan fingerprint density at radius 1 is 1.28 bits per heavy atom. The average Bonchev–Trinajstić information content (AvgIpc) is 2.35. The molecule has 0 fully saturated rings. The van der Waals surface area contributed by atoms with Crippen molar-refractivity contribution >= 4 is 6.08 Å². The van der Waals surface area contributed by atoms with Gasteiger partial charge in [-0.2, -0.15) is 0 Å². The van der Waals surface area contributed by atoms with Crippen LogP contribution in [0.4, 0.5) is 0 Å². The average molecular weight is 247 g/mol. The summed E-state index contributed by atoms with van der Waals surface area (Å²) in [4.78, 5) is 0. The summed E-state index contributed by atoms with van der Waals surface area (Å²) in [5.74, 6) is 0.968. The third kappa shape index (κ3) is 4.92. The van der Waals surface area contributed by atoms with Crippen LogP contribution >= 0.6 is 0 Å². The molecule has 0 saturated heterocycles. The molecule has 0 amide bonds. The van der Waals surface area contributed by atoms with Crippen LogP contribution in [-0.4, -0.2) is 19.2 Å². The Morgan fingerprint density at radius 3 is 2.61 bits per heavy atom. The van der Waals surface area contributed by atoms with Crippen molar-refractivity contribution in [3.8, 4) is 5.75 Å². The number of hydrogen-bond donors (Lipinski definition) is 1. The number of para-hydroxylation sites is 1. The Hall–Kier alpha value is -1.28. The molecule has 0 saturated carbocycles. The van der Waals surface area contributed by atoms with E-state index >= 15 is 0 Å². The lowest BCUT2D eigenvalue weighted by atomic mass is 10.1. The van der Waals surface area contributed by atoms with Gasteiger partial charge in [-0.15, -0.1) is 0 Å². The lowest BCUT2D eigenvalue weighted by Gasteiger charge is -2.13. The first kappa shape index (κ1) is 14.8. The Kier molecular flexibility index (Phi) is 6.51. The summed E-state index contributed by atoms with van der Waals surface area (Å²) >= 11 is 0. The van der Waals surface area contributed by atoms with Gasteiger partial charge >= 0.3 is 0 Å². The maximum absolute atomic E-state index is 5.83. The van der Waals surface area contributed by atoms with Gasteiger partial charge in [-0.3, -0.25) is 0 Å². The summed E-state index contributed by atoms with van der Waals surface area (Å²) in [5.41, 5.74) is 2.57. The Bertz CT molecular complexity index is 382. The number of hydrogen-bond acceptors (Lipinski definition) is 2. The molecule has 0 aromatic heterocycles. The van der Waals surface area contributed by atoms with Gasteiger partial charge in [-0.25, -0.2) is 0 Å². The Balaban J connectivity index is 2.89. The molecule has 2 heteroatoms. The molecule has 0 bridgehead atoms. The van der Waals surface area contributed by atoms with Crippen LogP contribution in [-0.2, 0) is 0 Å². The fourth-order valence-corrected chi connectivity index (χ4v) is 1.74. The van der Waals surface area contributed by atoms with Gasteiger partial charge in [0.05, 0.1) is 6.10 Å². The molecular formula is C16H25NO. The van der Waals surface area contributed by atoms with Crippen LogP contribution in [0.25, 0.3) is 6.08 Å². The molecule has 1 aromatic rings. The summed E-state index contributed by atoms with van der Waals surface area (Å²) in [5, 5.41) is 3.37. The fraction of sp³-hybridized carbons (Fsp3) is 0.500. The molecule has 18 heavy (non-hydrogen) atoms. The molecule has 1 rings (SSSR count). The molecule has 2 nitrogen and oxygen atoms in total. The zero-order valence-electron chi connectivity index (χ0n) is 12.0. The molecule has 1 N–H and O–H groups in total. The van der Waals surface area contributed by atoms with Gasteiger partial charge in [-0.05, 0) is 32.9 Å². The number of likely N-dealkylation sites (N-methyl/N-ethyl adjacent to an activating group) is 1. The Morgan fingerprint density at radius 2 is 2.00 bits per heavy atom. The standard InChI is InChI=1S/C16H25NO/c1-5-14(12-17-6-2)11-15-9-7-8-10-16(15)18-13(3)4/h7-11,13,17H,5-6,12H2,1-4H3. The number of rotatable bonds is 7. The van der Waals surface area contributed by atoms with Gasteiger partial charge in [0.15, 0.2) is 0 Å². The molecule has 0 spiro atoms. The van der Waals surface area contributed by atoms with Crippen LogP contribution in [0.2, 0.25) is 0 Å². The van der Waals surface area contributed by atoms with Crippen molar-refractivity contribution in [2.24, 2.45) is 0 Å². The number of nitrogens with one attached hydrogen (secondary N) is 1. The van der Waals surface area contributed by atoms with E-state index in [4.69, 9.17) is 4.74 Å². The second kappa shape index (κ2) is 7.93. The first-order chi connectivity index (χ1) is 8.67. The minimum Gasteiger partial charge on any atom is -0.490 e. The highest BCUT2D eigenvalue weighted by molar-refractivity contribution is 5.60. The third-order valence-corrected chi connectivity index (χ3v) is 2.70. The zero-order valence-corrected chi connectivity index (χ0v) is 12.0. The summed E-state index contributed by atoms with van der Waals surface area (Å²) in [6, 6.07) is 8.22. The minimum absolute atomic E-state index is 0.207. The van der Waals surface area contributed by atoms with Crippen molar-refractivity contribution in [3.05, 3.63) is 35.4 Å². The number of ether oxygens (including phenoxy) is 1. The van der Waals surface area contributed by atoms with E-state index in [9.17, 15) is 0 Å². The van der Waals surface area contributed by atoms with Gasteiger partial charge < -0.3 is 10.1 Å². The van der Waals surface area contributed by atoms with Crippen molar-refractivity contribution in [1.29, 1.82) is 0 Å². The van der Waals surface area contributed by atoms with E-state index in [1.807, 2.05) is 12.1 Å². The third-order valence-electron chi connectivity index (χ3n) is 2.70. The first-order valence-electron chi connectivity index (χ1n) is 6.83. The van der Waals surface area contributed by atoms with Crippen molar-refractivity contribution < 1.29 is 4.74 Å². The van der Waals surface area contributed by atoms with E-state index in [-0.39, 0.29) is 6.10 Å². The first-order valence-corrected chi connectivity index (χ1v) is 6.83. The van der Waals surface area contributed by atoms with E-state index < -0.39 is 0 Å². The van der Waals surface area contributed by atoms with Crippen LogP contribution in [0, 0.1) is 0 Å². The summed E-state index contributed by atoms with van der Waals surface area (Å²) < 4.78 is 5.83. The topological polar surface area (TPSA) is 21.3 Å². The predicted molar refractivity (Wildman–Crippen MR) is 79.0 cm³/mol. The molecule has 0 aliphatic heterocycles. The van der Waals surface area contributed by atoms with Crippen LogP contribution in [0.15, 0.2) is 29.8 Å². The van der Waals surface area contributed by atoms with Crippen molar-refractivity contribution in [3.63, 3.8) is 0 Å². The highest BCUT2D eigenvalue weighted by Crippen LogP contribution is 2.22. The molecule has 0 heterocycles. The Labute approximate surface area is 111 Å². The highest BCUT2D eigenvalue weighted by atomic mass is 16.5. The van der Waals surface area contributed by atoms with Gasteiger partial charge in [0.1, 0.15) is 5.75 Å². The van der Waals surface area contributed by atoms with Crippen LogP contribution in [0.1, 0.15) is 39.7 Å². The molecule has 1 aromatic carbocycles. The van der Waals surface area contributed by atoms with Crippen LogP contribution < -0.4 is 10.1 Å². The molecule has 0 aliphatic carbocycles. The second-order valence-corrected chi connectivity index (χ2v) is 4.64. The fourth-order valence-electron chi connectivity index (χ4n) is 1.74. The van der Waals surface area contributed by atoms with Gasteiger partial charge in [0.25, 0.3) is 0 Å². The van der Waals surface area contributed by atoms with E-state index in [1.165, 1.54) is 11.1 Å². The second-order valence-electron chi connectivity index (χ2n) is 4.64. The molecule has 0 atom stereocenters. The van der Waals surface area contributed by atoms with Crippen LogP contribution in [0.5, 0.6) is 5.75 Å². The molecule has 100 valence electrons. The van der Waals surface area contributed by atoms with Crippen molar-refractivity contribution in [2.75, 3.05) is 13.1 Å².